The number of benzene rings is 1. The molecular weight excluding hydrogens is 238 g/mol. The number of rotatable bonds is 5. The molecule has 2 aromatic rings. The number of carbonyl (C=O) groups is 1. The molecule has 0 aliphatic carbocycles. The lowest BCUT2D eigenvalue weighted by Gasteiger charge is -2.06. The van der Waals surface area contributed by atoms with Crippen LogP contribution in [0.5, 0.6) is 0 Å². The van der Waals surface area contributed by atoms with Gasteiger partial charge in [-0.25, -0.2) is 0 Å². The molecule has 1 amide bonds. The van der Waals surface area contributed by atoms with Gasteiger partial charge >= 0.3 is 0 Å². The van der Waals surface area contributed by atoms with E-state index >= 15 is 0 Å². The summed E-state index contributed by atoms with van der Waals surface area (Å²) in [6, 6.07) is 13.3. The molecule has 0 spiro atoms. The second-order valence-corrected chi connectivity index (χ2v) is 4.28. The number of pyridine rings is 1. The molecule has 0 fully saturated rings. The molecule has 0 atom stereocenters. The van der Waals surface area contributed by atoms with Gasteiger partial charge in [-0.3, -0.25) is 9.78 Å². The van der Waals surface area contributed by atoms with Crippen LogP contribution in [0.2, 0.25) is 0 Å². The van der Waals surface area contributed by atoms with Crippen LogP contribution in [0.15, 0.2) is 48.7 Å². The maximum atomic E-state index is 11.8. The number of anilines is 1. The molecule has 3 N–H and O–H groups in total. The number of nitrogens with two attached hydrogens (primary N) is 1. The Morgan fingerprint density at radius 1 is 1.16 bits per heavy atom. The second kappa shape index (κ2) is 6.66. The summed E-state index contributed by atoms with van der Waals surface area (Å²) in [5, 5.41) is 2.85. The van der Waals surface area contributed by atoms with E-state index in [-0.39, 0.29) is 12.3 Å². The Morgan fingerprint density at radius 2 is 1.95 bits per heavy atom. The third-order valence-electron chi connectivity index (χ3n) is 2.74. The highest BCUT2D eigenvalue weighted by Gasteiger charge is 2.04. The van der Waals surface area contributed by atoms with Crippen molar-refractivity contribution in [2.24, 2.45) is 5.73 Å². The quantitative estimate of drug-likeness (QED) is 0.855. The predicted octanol–water partition coefficient (Wildman–Crippen LogP) is 1.76. The maximum Gasteiger partial charge on any atom is 0.230 e. The van der Waals surface area contributed by atoms with Gasteiger partial charge in [0.15, 0.2) is 0 Å². The lowest BCUT2D eigenvalue weighted by molar-refractivity contribution is -0.115. The summed E-state index contributed by atoms with van der Waals surface area (Å²) in [6.45, 7) is 0.630. The summed E-state index contributed by atoms with van der Waals surface area (Å²) in [7, 11) is 0. The van der Waals surface area contributed by atoms with Crippen LogP contribution in [-0.4, -0.2) is 17.4 Å². The van der Waals surface area contributed by atoms with Crippen molar-refractivity contribution in [1.29, 1.82) is 0 Å². The van der Waals surface area contributed by atoms with Crippen molar-refractivity contribution in [3.8, 4) is 0 Å². The number of hydrogen-bond acceptors (Lipinski definition) is 3. The van der Waals surface area contributed by atoms with Crippen molar-refractivity contribution >= 4 is 11.6 Å². The number of nitrogens with zero attached hydrogens (tertiary/aromatic N) is 1. The van der Waals surface area contributed by atoms with Crippen LogP contribution in [0, 0.1) is 0 Å². The topological polar surface area (TPSA) is 68.0 Å². The van der Waals surface area contributed by atoms with E-state index in [2.05, 4.69) is 10.3 Å². The highest BCUT2D eigenvalue weighted by atomic mass is 16.1. The van der Waals surface area contributed by atoms with E-state index in [4.69, 9.17) is 5.73 Å². The van der Waals surface area contributed by atoms with Crippen LogP contribution >= 0.6 is 0 Å². The van der Waals surface area contributed by atoms with Crippen molar-refractivity contribution in [3.05, 3.63) is 59.9 Å². The van der Waals surface area contributed by atoms with Crippen molar-refractivity contribution in [1.82, 2.24) is 4.98 Å². The normalized spacial score (nSPS) is 10.2. The van der Waals surface area contributed by atoms with Gasteiger partial charge in [-0.15, -0.1) is 0 Å². The smallest absolute Gasteiger partial charge is 0.230 e. The Labute approximate surface area is 112 Å². The molecule has 0 aliphatic rings. The van der Waals surface area contributed by atoms with Gasteiger partial charge in [-0.05, 0) is 42.8 Å². The number of amides is 1. The number of nitrogens with one attached hydrogen (secondary N) is 1. The van der Waals surface area contributed by atoms with Crippen molar-refractivity contribution < 1.29 is 4.79 Å². The summed E-state index contributed by atoms with van der Waals surface area (Å²) >= 11 is 0. The van der Waals surface area contributed by atoms with Gasteiger partial charge in [0.2, 0.25) is 5.91 Å². The van der Waals surface area contributed by atoms with E-state index in [1.807, 2.05) is 42.5 Å². The van der Waals surface area contributed by atoms with E-state index in [1.165, 1.54) is 5.56 Å². The Hall–Kier alpha value is -2.20. The zero-order valence-corrected chi connectivity index (χ0v) is 10.7. The summed E-state index contributed by atoms with van der Waals surface area (Å²) in [6.07, 6.45) is 2.82. The molecule has 0 saturated carbocycles. The highest BCUT2D eigenvalue weighted by Crippen LogP contribution is 2.10. The average molecular weight is 255 g/mol. The molecule has 4 heteroatoms. The van der Waals surface area contributed by atoms with Gasteiger partial charge in [0.25, 0.3) is 0 Å². The molecule has 1 aromatic carbocycles. The number of carbonyl (C=O) groups excluding carboxylic acids is 1. The predicted molar refractivity (Wildman–Crippen MR) is 75.8 cm³/mol. The zero-order chi connectivity index (χ0) is 13.5. The molecule has 0 bridgehead atoms. The summed E-state index contributed by atoms with van der Waals surface area (Å²) in [5.41, 5.74) is 8.22. The molecule has 0 unspecified atom stereocenters. The fourth-order valence-corrected chi connectivity index (χ4v) is 1.79. The lowest BCUT2D eigenvalue weighted by Crippen LogP contribution is -2.15. The van der Waals surface area contributed by atoms with Crippen LogP contribution in [0.25, 0.3) is 0 Å². The van der Waals surface area contributed by atoms with E-state index in [1.54, 1.807) is 6.20 Å². The number of aromatic nitrogens is 1. The molecule has 4 nitrogen and oxygen atoms in total. The Morgan fingerprint density at radius 3 is 2.58 bits per heavy atom. The standard InChI is InChI=1S/C15H17N3O/c16-9-8-12-4-6-13(7-5-12)18-15(19)11-14-3-1-2-10-17-14/h1-7,10H,8-9,11,16H2,(H,18,19). The maximum absolute atomic E-state index is 11.8. The third-order valence-corrected chi connectivity index (χ3v) is 2.74. The van der Waals surface area contributed by atoms with Gasteiger partial charge in [-0.1, -0.05) is 18.2 Å². The first-order valence-electron chi connectivity index (χ1n) is 6.26. The molecule has 98 valence electrons. The molecule has 19 heavy (non-hydrogen) atoms. The summed E-state index contributed by atoms with van der Waals surface area (Å²) in [5.74, 6) is -0.0646. The van der Waals surface area contributed by atoms with Crippen molar-refractivity contribution in [3.63, 3.8) is 0 Å². The zero-order valence-electron chi connectivity index (χ0n) is 10.7. The van der Waals surface area contributed by atoms with Crippen LogP contribution in [0.1, 0.15) is 11.3 Å². The van der Waals surface area contributed by atoms with Gasteiger partial charge in [-0.2, -0.15) is 0 Å². The van der Waals surface area contributed by atoms with E-state index in [0.717, 1.165) is 17.8 Å². The van der Waals surface area contributed by atoms with Gasteiger partial charge in [0.05, 0.1) is 6.42 Å². The van der Waals surface area contributed by atoms with Crippen LogP contribution < -0.4 is 11.1 Å². The van der Waals surface area contributed by atoms with Crippen LogP contribution in [0.4, 0.5) is 5.69 Å². The van der Waals surface area contributed by atoms with Crippen molar-refractivity contribution in [2.45, 2.75) is 12.8 Å². The lowest BCUT2D eigenvalue weighted by atomic mass is 10.1. The van der Waals surface area contributed by atoms with Gasteiger partial charge in [0, 0.05) is 17.6 Å². The largest absolute Gasteiger partial charge is 0.330 e. The van der Waals surface area contributed by atoms with Crippen molar-refractivity contribution in [2.75, 3.05) is 11.9 Å². The minimum atomic E-state index is -0.0646. The average Bonchev–Trinajstić information content (AvgIpc) is 2.42. The second-order valence-electron chi connectivity index (χ2n) is 4.28. The Bertz CT molecular complexity index is 523. The third kappa shape index (κ3) is 4.19. The van der Waals surface area contributed by atoms with E-state index in [9.17, 15) is 4.79 Å². The van der Waals surface area contributed by atoms with Crippen LogP contribution in [-0.2, 0) is 17.6 Å². The first kappa shape index (κ1) is 13.2. The summed E-state index contributed by atoms with van der Waals surface area (Å²) < 4.78 is 0. The highest BCUT2D eigenvalue weighted by molar-refractivity contribution is 5.91. The molecule has 2 rings (SSSR count). The van der Waals surface area contributed by atoms with Gasteiger partial charge < -0.3 is 11.1 Å². The Balaban J connectivity index is 1.91. The molecule has 0 saturated heterocycles. The minimum absolute atomic E-state index is 0.0646. The van der Waals surface area contributed by atoms with E-state index < -0.39 is 0 Å². The first-order valence-corrected chi connectivity index (χ1v) is 6.26. The molecule has 0 aliphatic heterocycles. The molecular formula is C15H17N3O. The Kier molecular flexibility index (Phi) is 4.64. The summed E-state index contributed by atoms with van der Waals surface area (Å²) in [4.78, 5) is 15.9. The molecule has 1 aromatic heterocycles. The van der Waals surface area contributed by atoms with Gasteiger partial charge in [0.1, 0.15) is 0 Å². The monoisotopic (exact) mass is 255 g/mol. The van der Waals surface area contributed by atoms with Crippen LogP contribution in [0.3, 0.4) is 0 Å². The number of hydrogen-bond donors (Lipinski definition) is 2. The molecule has 0 radical (unpaired) electrons. The van der Waals surface area contributed by atoms with E-state index in [0.29, 0.717) is 6.54 Å². The minimum Gasteiger partial charge on any atom is -0.330 e. The molecule has 1 heterocycles. The first-order chi connectivity index (χ1) is 9.28. The fraction of sp³-hybridized carbons (Fsp3) is 0.200. The SMILES string of the molecule is NCCc1ccc(NC(=O)Cc2ccccn2)cc1. The fourth-order valence-electron chi connectivity index (χ4n) is 1.79.